The van der Waals surface area contributed by atoms with Gasteiger partial charge in [0.15, 0.2) is 0 Å². The van der Waals surface area contributed by atoms with Crippen molar-refractivity contribution in [1.82, 2.24) is 5.32 Å². The van der Waals surface area contributed by atoms with Gasteiger partial charge in [0.2, 0.25) is 5.91 Å². The van der Waals surface area contributed by atoms with Gasteiger partial charge in [-0.25, -0.2) is 9.18 Å². The van der Waals surface area contributed by atoms with E-state index < -0.39 is 29.7 Å². The lowest BCUT2D eigenvalue weighted by Crippen LogP contribution is -2.45. The molecule has 1 amide bonds. The maximum absolute atomic E-state index is 13.1. The maximum atomic E-state index is 13.1. The van der Waals surface area contributed by atoms with Crippen molar-refractivity contribution in [3.8, 4) is 0 Å². The fraction of sp³-hybridized carbons (Fsp3) is 0.429. The Morgan fingerprint density at radius 3 is 2.37 bits per heavy atom. The van der Waals surface area contributed by atoms with Crippen molar-refractivity contribution in [3.05, 3.63) is 35.6 Å². The minimum absolute atomic E-state index is 0.221. The molecule has 0 aromatic heterocycles. The molecule has 19 heavy (non-hydrogen) atoms. The number of aliphatic carboxylic acids is 1. The zero-order chi connectivity index (χ0) is 14.6. The van der Waals surface area contributed by atoms with Crippen LogP contribution in [0.15, 0.2) is 24.3 Å². The van der Waals surface area contributed by atoms with E-state index in [1.165, 1.54) is 18.2 Å². The molecule has 0 aliphatic heterocycles. The highest BCUT2D eigenvalue weighted by atomic mass is 19.1. The molecule has 5 heteroatoms. The van der Waals surface area contributed by atoms with Gasteiger partial charge in [-0.2, -0.15) is 0 Å². The van der Waals surface area contributed by atoms with Gasteiger partial charge in [0.25, 0.3) is 0 Å². The van der Waals surface area contributed by atoms with E-state index in [2.05, 4.69) is 5.32 Å². The molecule has 0 fully saturated rings. The number of carbonyl (C=O) groups is 2. The summed E-state index contributed by atoms with van der Waals surface area (Å²) < 4.78 is 13.1. The average Bonchev–Trinajstić information content (AvgIpc) is 2.33. The summed E-state index contributed by atoms with van der Waals surface area (Å²) in [6.45, 7) is 5.04. The second-order valence-electron chi connectivity index (χ2n) is 4.85. The number of nitrogens with one attached hydrogen (secondary N) is 1. The monoisotopic (exact) mass is 267 g/mol. The molecule has 2 N–H and O–H groups in total. The quantitative estimate of drug-likeness (QED) is 0.859. The number of halogens is 1. The topological polar surface area (TPSA) is 66.4 Å². The molecule has 0 saturated heterocycles. The predicted molar refractivity (Wildman–Crippen MR) is 69.2 cm³/mol. The number of carboxylic acid groups (broad SMARTS) is 1. The van der Waals surface area contributed by atoms with Gasteiger partial charge in [-0.05, 0) is 30.5 Å². The molecule has 0 spiro atoms. The van der Waals surface area contributed by atoms with Gasteiger partial charge in [-0.15, -0.1) is 0 Å². The lowest BCUT2D eigenvalue weighted by Gasteiger charge is -2.20. The van der Waals surface area contributed by atoms with Crippen LogP contribution in [0.5, 0.6) is 0 Å². The summed E-state index contributed by atoms with van der Waals surface area (Å²) in [6, 6.07) is 4.78. The normalized spacial score (nSPS) is 13.9. The number of hydrogen-bond donors (Lipinski definition) is 2. The third-order valence-corrected chi connectivity index (χ3v) is 2.97. The van der Waals surface area contributed by atoms with Crippen LogP contribution in [0.2, 0.25) is 0 Å². The maximum Gasteiger partial charge on any atom is 0.326 e. The van der Waals surface area contributed by atoms with E-state index >= 15 is 0 Å². The summed E-state index contributed by atoms with van der Waals surface area (Å²) in [5.41, 5.74) is 0.519. The molecule has 1 unspecified atom stereocenters. The second-order valence-corrected chi connectivity index (χ2v) is 4.85. The van der Waals surface area contributed by atoms with E-state index in [4.69, 9.17) is 5.11 Å². The lowest BCUT2D eigenvalue weighted by molar-refractivity contribution is -0.143. The van der Waals surface area contributed by atoms with Crippen LogP contribution in [0, 0.1) is 11.7 Å². The summed E-state index contributed by atoms with van der Waals surface area (Å²) in [4.78, 5) is 23.0. The molecule has 2 atom stereocenters. The smallest absolute Gasteiger partial charge is 0.326 e. The molecule has 0 aliphatic carbocycles. The third kappa shape index (κ3) is 4.05. The van der Waals surface area contributed by atoms with Crippen molar-refractivity contribution in [2.24, 2.45) is 5.92 Å². The summed E-state index contributed by atoms with van der Waals surface area (Å²) in [7, 11) is 0. The SMILES string of the molecule is CC(C(=O)N[C@@H](C(=O)O)C(C)C)c1cccc(F)c1. The molecule has 1 aromatic carbocycles. The van der Waals surface area contributed by atoms with Crippen LogP contribution in [0.1, 0.15) is 32.3 Å². The Morgan fingerprint density at radius 1 is 1.26 bits per heavy atom. The zero-order valence-electron chi connectivity index (χ0n) is 11.2. The Balaban J connectivity index is 2.80. The fourth-order valence-electron chi connectivity index (χ4n) is 1.72. The van der Waals surface area contributed by atoms with Crippen LogP contribution in [-0.2, 0) is 9.59 Å². The Morgan fingerprint density at radius 2 is 1.89 bits per heavy atom. The van der Waals surface area contributed by atoms with Crippen molar-refractivity contribution in [2.75, 3.05) is 0 Å². The molecule has 104 valence electrons. The largest absolute Gasteiger partial charge is 0.480 e. The molecule has 0 aliphatic rings. The third-order valence-electron chi connectivity index (χ3n) is 2.97. The molecule has 0 bridgehead atoms. The van der Waals surface area contributed by atoms with Crippen LogP contribution in [0.25, 0.3) is 0 Å². The van der Waals surface area contributed by atoms with Crippen LogP contribution < -0.4 is 5.32 Å². The van der Waals surface area contributed by atoms with Crippen LogP contribution >= 0.6 is 0 Å². The van der Waals surface area contributed by atoms with Crippen molar-refractivity contribution < 1.29 is 19.1 Å². The summed E-state index contributed by atoms with van der Waals surface area (Å²) >= 11 is 0. The van der Waals surface area contributed by atoms with Crippen LogP contribution in [-0.4, -0.2) is 23.0 Å². The lowest BCUT2D eigenvalue weighted by atomic mass is 9.98. The Labute approximate surface area is 111 Å². The zero-order valence-corrected chi connectivity index (χ0v) is 11.2. The van der Waals surface area contributed by atoms with Crippen LogP contribution in [0.3, 0.4) is 0 Å². The first kappa shape index (κ1) is 15.1. The highest BCUT2D eigenvalue weighted by Crippen LogP contribution is 2.17. The van der Waals surface area contributed by atoms with Crippen molar-refractivity contribution in [2.45, 2.75) is 32.7 Å². The first-order valence-electron chi connectivity index (χ1n) is 6.11. The van der Waals surface area contributed by atoms with Gasteiger partial charge in [0.1, 0.15) is 11.9 Å². The van der Waals surface area contributed by atoms with Gasteiger partial charge in [-0.1, -0.05) is 26.0 Å². The first-order chi connectivity index (χ1) is 8.82. The fourth-order valence-corrected chi connectivity index (χ4v) is 1.72. The number of carbonyl (C=O) groups excluding carboxylic acids is 1. The first-order valence-corrected chi connectivity index (χ1v) is 6.11. The number of carboxylic acids is 1. The average molecular weight is 267 g/mol. The predicted octanol–water partition coefficient (Wildman–Crippen LogP) is 2.15. The summed E-state index contributed by atoms with van der Waals surface area (Å²) in [5, 5.41) is 11.5. The minimum Gasteiger partial charge on any atom is -0.480 e. The van der Waals surface area contributed by atoms with Gasteiger partial charge in [-0.3, -0.25) is 4.79 Å². The number of rotatable bonds is 5. The molecule has 0 radical (unpaired) electrons. The molecule has 0 heterocycles. The highest BCUT2D eigenvalue weighted by Gasteiger charge is 2.26. The van der Waals surface area contributed by atoms with E-state index in [0.29, 0.717) is 5.56 Å². The van der Waals surface area contributed by atoms with E-state index in [1.807, 2.05) is 0 Å². The standard InChI is InChI=1S/C14H18FNO3/c1-8(2)12(14(18)19)16-13(17)9(3)10-5-4-6-11(15)7-10/h4-9,12H,1-3H3,(H,16,17)(H,18,19)/t9?,12-/m1/s1. The highest BCUT2D eigenvalue weighted by molar-refractivity contribution is 5.87. The molecule has 1 aromatic rings. The van der Waals surface area contributed by atoms with Gasteiger partial charge >= 0.3 is 5.97 Å². The van der Waals surface area contributed by atoms with Crippen molar-refractivity contribution in [3.63, 3.8) is 0 Å². The number of amides is 1. The molecule has 0 saturated carbocycles. The molecule has 4 nitrogen and oxygen atoms in total. The van der Waals surface area contributed by atoms with E-state index in [0.717, 1.165) is 0 Å². The Hall–Kier alpha value is -1.91. The summed E-state index contributed by atoms with van der Waals surface area (Å²) in [5.74, 6) is -2.74. The molecular formula is C14H18FNO3. The molecule has 1 rings (SSSR count). The number of benzene rings is 1. The second kappa shape index (κ2) is 6.31. The summed E-state index contributed by atoms with van der Waals surface area (Å²) in [6.07, 6.45) is 0. The van der Waals surface area contributed by atoms with Gasteiger partial charge in [0.05, 0.1) is 5.92 Å². The van der Waals surface area contributed by atoms with Crippen molar-refractivity contribution in [1.29, 1.82) is 0 Å². The minimum atomic E-state index is -1.07. The van der Waals surface area contributed by atoms with Gasteiger partial charge in [0, 0.05) is 0 Å². The van der Waals surface area contributed by atoms with E-state index in [9.17, 15) is 14.0 Å². The van der Waals surface area contributed by atoms with E-state index in [-0.39, 0.29) is 5.92 Å². The Bertz CT molecular complexity index is 474. The Kier molecular flexibility index (Phi) is 5.03. The molecular weight excluding hydrogens is 249 g/mol. The van der Waals surface area contributed by atoms with Crippen molar-refractivity contribution >= 4 is 11.9 Å². The van der Waals surface area contributed by atoms with E-state index in [1.54, 1.807) is 26.8 Å². The van der Waals surface area contributed by atoms with Gasteiger partial charge < -0.3 is 10.4 Å². The number of hydrogen-bond acceptors (Lipinski definition) is 2. The van der Waals surface area contributed by atoms with Crippen LogP contribution in [0.4, 0.5) is 4.39 Å².